The third-order valence-corrected chi connectivity index (χ3v) is 2.72. The Kier molecular flexibility index (Phi) is 4.09. The number of nitrogens with two attached hydrogens (primary N) is 1. The Morgan fingerprint density at radius 1 is 1.55 bits per heavy atom. The van der Waals surface area contributed by atoms with Crippen molar-refractivity contribution in [3.63, 3.8) is 0 Å². The summed E-state index contributed by atoms with van der Waals surface area (Å²) < 4.78 is 23.0. The Morgan fingerprint density at radius 3 is 2.95 bits per heavy atom. The Morgan fingerprint density at radius 2 is 2.30 bits per heavy atom. The second kappa shape index (κ2) is 5.79. The molecule has 0 aliphatic carbocycles. The number of nitrogens with zero attached hydrogens (tertiary/aromatic N) is 2. The van der Waals surface area contributed by atoms with E-state index in [9.17, 15) is 9.18 Å². The van der Waals surface area contributed by atoms with Crippen LogP contribution in [-0.4, -0.2) is 22.7 Å². The fourth-order valence-corrected chi connectivity index (χ4v) is 1.59. The van der Waals surface area contributed by atoms with Gasteiger partial charge in [0.05, 0.1) is 12.6 Å². The molecule has 0 saturated carbocycles. The Balaban J connectivity index is 2.22. The molecule has 6 nitrogen and oxygen atoms in total. The van der Waals surface area contributed by atoms with Gasteiger partial charge in [0.15, 0.2) is 5.82 Å². The Bertz CT molecular complexity index is 627. The van der Waals surface area contributed by atoms with Gasteiger partial charge in [-0.2, -0.15) is 4.98 Å². The van der Waals surface area contributed by atoms with Gasteiger partial charge in [0.25, 0.3) is 0 Å². The summed E-state index contributed by atoms with van der Waals surface area (Å²) in [5.74, 6) is -1.26. The zero-order valence-electron chi connectivity index (χ0n) is 11.1. The van der Waals surface area contributed by atoms with Crippen LogP contribution in [0.3, 0.4) is 0 Å². The quantitative estimate of drug-likeness (QED) is 0.857. The Labute approximate surface area is 114 Å². The molecule has 7 heteroatoms. The maximum absolute atomic E-state index is 13.5. The molecule has 1 atom stereocenters. The van der Waals surface area contributed by atoms with E-state index in [1.54, 1.807) is 26.0 Å². The van der Waals surface area contributed by atoms with Gasteiger partial charge in [0.1, 0.15) is 5.82 Å². The topological polar surface area (TPSA) is 91.2 Å². The average Bonchev–Trinajstić information content (AvgIpc) is 2.91. The minimum atomic E-state index is -0.781. The monoisotopic (exact) mass is 279 g/mol. The number of aryl methyl sites for hydroxylation is 1. The van der Waals surface area contributed by atoms with Gasteiger partial charge >= 0.3 is 11.9 Å². The minimum absolute atomic E-state index is 0.0938. The summed E-state index contributed by atoms with van der Waals surface area (Å²) in [7, 11) is 0. The summed E-state index contributed by atoms with van der Waals surface area (Å²) in [6.45, 7) is 3.51. The highest BCUT2D eigenvalue weighted by Crippen LogP contribution is 2.19. The molecule has 2 aromatic rings. The molecule has 0 radical (unpaired) electrons. The standard InChI is InChI=1S/C13H14FN3O3/c1-3-19-13(18)12-16-11(17-20-12)10(15)8-5-4-7(2)9(14)6-8/h4-6,10H,3,15H2,1-2H3. The van der Waals surface area contributed by atoms with Gasteiger partial charge in [-0.3, -0.25) is 0 Å². The lowest BCUT2D eigenvalue weighted by Crippen LogP contribution is -2.14. The zero-order chi connectivity index (χ0) is 14.7. The number of ether oxygens (including phenoxy) is 1. The summed E-state index contributed by atoms with van der Waals surface area (Å²) in [5, 5.41) is 3.61. The van der Waals surface area contributed by atoms with E-state index >= 15 is 0 Å². The van der Waals surface area contributed by atoms with Crippen LogP contribution in [0.1, 0.15) is 40.6 Å². The molecule has 1 aromatic heterocycles. The van der Waals surface area contributed by atoms with Crippen LogP contribution in [0.25, 0.3) is 0 Å². The van der Waals surface area contributed by atoms with E-state index in [4.69, 9.17) is 15.0 Å². The van der Waals surface area contributed by atoms with Crippen LogP contribution in [0.4, 0.5) is 4.39 Å². The molecule has 0 spiro atoms. The second-order valence-electron chi connectivity index (χ2n) is 4.16. The van der Waals surface area contributed by atoms with E-state index in [2.05, 4.69) is 10.1 Å². The first-order valence-electron chi connectivity index (χ1n) is 6.05. The van der Waals surface area contributed by atoms with E-state index in [0.717, 1.165) is 0 Å². The molecule has 0 aliphatic heterocycles. The van der Waals surface area contributed by atoms with Gasteiger partial charge in [-0.25, -0.2) is 9.18 Å². The number of hydrogen-bond donors (Lipinski definition) is 1. The highest BCUT2D eigenvalue weighted by atomic mass is 19.1. The molecule has 1 heterocycles. The number of benzene rings is 1. The summed E-state index contributed by atoms with van der Waals surface area (Å²) in [5.41, 5.74) is 6.92. The van der Waals surface area contributed by atoms with Crippen molar-refractivity contribution in [1.82, 2.24) is 10.1 Å². The lowest BCUT2D eigenvalue weighted by atomic mass is 10.1. The molecule has 20 heavy (non-hydrogen) atoms. The van der Waals surface area contributed by atoms with Crippen LogP contribution in [0.5, 0.6) is 0 Å². The third kappa shape index (κ3) is 2.83. The van der Waals surface area contributed by atoms with E-state index in [1.807, 2.05) is 0 Å². The summed E-state index contributed by atoms with van der Waals surface area (Å²) in [4.78, 5) is 15.3. The van der Waals surface area contributed by atoms with Crippen LogP contribution in [-0.2, 0) is 4.74 Å². The van der Waals surface area contributed by atoms with Gasteiger partial charge in [0.2, 0.25) is 0 Å². The summed E-state index contributed by atoms with van der Waals surface area (Å²) in [6.07, 6.45) is 0. The van der Waals surface area contributed by atoms with Crippen molar-refractivity contribution in [3.8, 4) is 0 Å². The van der Waals surface area contributed by atoms with Crippen molar-refractivity contribution in [2.45, 2.75) is 19.9 Å². The maximum Gasteiger partial charge on any atom is 0.397 e. The highest BCUT2D eigenvalue weighted by molar-refractivity contribution is 5.83. The predicted octanol–water partition coefficient (Wildman–Crippen LogP) is 1.74. The fraction of sp³-hybridized carbons (Fsp3) is 0.308. The number of aromatic nitrogens is 2. The lowest BCUT2D eigenvalue weighted by molar-refractivity contribution is 0.0470. The molecule has 1 unspecified atom stereocenters. The number of hydrogen-bond acceptors (Lipinski definition) is 6. The van der Waals surface area contributed by atoms with Gasteiger partial charge in [-0.15, -0.1) is 0 Å². The van der Waals surface area contributed by atoms with E-state index in [-0.39, 0.29) is 24.1 Å². The van der Waals surface area contributed by atoms with Crippen LogP contribution >= 0.6 is 0 Å². The maximum atomic E-state index is 13.5. The third-order valence-electron chi connectivity index (χ3n) is 2.72. The fourth-order valence-electron chi connectivity index (χ4n) is 1.59. The first-order chi connectivity index (χ1) is 9.52. The number of carbonyl (C=O) groups excluding carboxylic acids is 1. The van der Waals surface area contributed by atoms with Gasteiger partial charge in [-0.05, 0) is 31.0 Å². The molecule has 0 bridgehead atoms. The first kappa shape index (κ1) is 14.1. The number of esters is 1. The molecular formula is C13H14FN3O3. The van der Waals surface area contributed by atoms with Crippen molar-refractivity contribution in [1.29, 1.82) is 0 Å². The van der Waals surface area contributed by atoms with Crippen molar-refractivity contribution in [3.05, 3.63) is 46.9 Å². The van der Waals surface area contributed by atoms with E-state index in [0.29, 0.717) is 11.1 Å². The van der Waals surface area contributed by atoms with Gasteiger partial charge < -0.3 is 15.0 Å². The normalized spacial score (nSPS) is 12.2. The molecule has 106 valence electrons. The molecule has 1 aromatic carbocycles. The van der Waals surface area contributed by atoms with Crippen LogP contribution in [0.2, 0.25) is 0 Å². The summed E-state index contributed by atoms with van der Waals surface area (Å²) in [6, 6.07) is 3.80. The summed E-state index contributed by atoms with van der Waals surface area (Å²) >= 11 is 0. The largest absolute Gasteiger partial charge is 0.459 e. The number of rotatable bonds is 4. The van der Waals surface area contributed by atoms with Crippen LogP contribution < -0.4 is 5.73 Å². The molecule has 0 fully saturated rings. The number of carbonyl (C=O) groups is 1. The molecule has 0 saturated heterocycles. The lowest BCUT2D eigenvalue weighted by Gasteiger charge is -2.08. The van der Waals surface area contributed by atoms with Crippen molar-refractivity contribution in [2.75, 3.05) is 6.61 Å². The van der Waals surface area contributed by atoms with Gasteiger partial charge in [-0.1, -0.05) is 17.3 Å². The Hall–Kier alpha value is -2.28. The molecule has 2 rings (SSSR count). The SMILES string of the molecule is CCOC(=O)c1nc(C(N)c2ccc(C)c(F)c2)no1. The van der Waals surface area contributed by atoms with Crippen molar-refractivity contribution >= 4 is 5.97 Å². The van der Waals surface area contributed by atoms with E-state index < -0.39 is 12.0 Å². The highest BCUT2D eigenvalue weighted by Gasteiger charge is 2.21. The van der Waals surface area contributed by atoms with Crippen LogP contribution in [0, 0.1) is 12.7 Å². The number of halogens is 1. The molecular weight excluding hydrogens is 265 g/mol. The molecule has 0 aliphatic rings. The van der Waals surface area contributed by atoms with Crippen LogP contribution in [0.15, 0.2) is 22.7 Å². The molecule has 2 N–H and O–H groups in total. The zero-order valence-corrected chi connectivity index (χ0v) is 11.1. The second-order valence-corrected chi connectivity index (χ2v) is 4.16. The van der Waals surface area contributed by atoms with Gasteiger partial charge in [0, 0.05) is 0 Å². The predicted molar refractivity (Wildman–Crippen MR) is 67.4 cm³/mol. The minimum Gasteiger partial charge on any atom is -0.459 e. The van der Waals surface area contributed by atoms with Crippen molar-refractivity contribution in [2.24, 2.45) is 5.73 Å². The first-order valence-corrected chi connectivity index (χ1v) is 6.05. The van der Waals surface area contributed by atoms with E-state index in [1.165, 1.54) is 6.07 Å². The van der Waals surface area contributed by atoms with Crippen molar-refractivity contribution < 1.29 is 18.4 Å². The molecule has 0 amide bonds. The average molecular weight is 279 g/mol. The smallest absolute Gasteiger partial charge is 0.397 e.